The first-order chi connectivity index (χ1) is 6.91. The maximum absolute atomic E-state index is 6.29. The van der Waals surface area contributed by atoms with Crippen molar-refractivity contribution < 1.29 is 4.43 Å². The van der Waals surface area contributed by atoms with Gasteiger partial charge in [0.1, 0.15) is 0 Å². The van der Waals surface area contributed by atoms with Crippen molar-refractivity contribution in [1.82, 2.24) is 0 Å². The molecule has 0 amide bonds. The van der Waals surface area contributed by atoms with E-state index in [2.05, 4.69) is 59.8 Å². The Morgan fingerprint density at radius 3 is 2.07 bits per heavy atom. The zero-order valence-electron chi connectivity index (χ0n) is 9.51. The Kier molecular flexibility index (Phi) is 2.82. The van der Waals surface area contributed by atoms with Gasteiger partial charge in [-0.15, -0.1) is 0 Å². The van der Waals surface area contributed by atoms with Gasteiger partial charge in [0.25, 0.3) is 0 Å². The lowest BCUT2D eigenvalue weighted by atomic mass is 10.1. The van der Waals surface area contributed by atoms with Crippen molar-refractivity contribution in [2.24, 2.45) is 0 Å². The Bertz CT molecular complexity index is 349. The number of rotatable bonds is 3. The lowest BCUT2D eigenvalue weighted by Crippen LogP contribution is -2.31. The van der Waals surface area contributed by atoms with Crippen LogP contribution in [0.25, 0.3) is 0 Å². The maximum atomic E-state index is 6.29. The van der Waals surface area contributed by atoms with E-state index in [1.54, 1.807) is 0 Å². The highest BCUT2D eigenvalue weighted by atomic mass is 79.9. The Morgan fingerprint density at radius 1 is 1.13 bits per heavy atom. The topological polar surface area (TPSA) is 9.23 Å². The van der Waals surface area contributed by atoms with Crippen LogP contribution in [0.1, 0.15) is 18.4 Å². The molecule has 0 unspecified atom stereocenters. The Balaban J connectivity index is 2.20. The van der Waals surface area contributed by atoms with Crippen molar-refractivity contribution in [2.45, 2.75) is 38.1 Å². The summed E-state index contributed by atoms with van der Waals surface area (Å²) in [6.07, 6.45) is 2.36. The van der Waals surface area contributed by atoms with Crippen LogP contribution in [0.2, 0.25) is 19.6 Å². The van der Waals surface area contributed by atoms with Crippen LogP contribution in [0.4, 0.5) is 0 Å². The molecule has 0 aromatic heterocycles. The van der Waals surface area contributed by atoms with Gasteiger partial charge in [0.05, 0.1) is 5.60 Å². The van der Waals surface area contributed by atoms with Crippen molar-refractivity contribution in [3.05, 3.63) is 34.3 Å². The maximum Gasteiger partial charge on any atom is 0.184 e. The molecule has 3 heteroatoms. The van der Waals surface area contributed by atoms with E-state index in [1.807, 2.05) is 0 Å². The third kappa shape index (κ3) is 2.71. The lowest BCUT2D eigenvalue weighted by Gasteiger charge is -2.26. The molecule has 2 rings (SSSR count). The van der Waals surface area contributed by atoms with Gasteiger partial charge in [0.2, 0.25) is 0 Å². The van der Waals surface area contributed by atoms with E-state index in [0.29, 0.717) is 0 Å². The largest absolute Gasteiger partial charge is 0.408 e. The molecule has 0 N–H and O–H groups in total. The van der Waals surface area contributed by atoms with Gasteiger partial charge in [-0.3, -0.25) is 0 Å². The Morgan fingerprint density at radius 2 is 1.67 bits per heavy atom. The van der Waals surface area contributed by atoms with Gasteiger partial charge in [-0.25, -0.2) is 0 Å². The van der Waals surface area contributed by atoms with Gasteiger partial charge in [-0.05, 0) is 50.2 Å². The van der Waals surface area contributed by atoms with E-state index in [9.17, 15) is 0 Å². The molecule has 0 atom stereocenters. The van der Waals surface area contributed by atoms with Crippen molar-refractivity contribution in [2.75, 3.05) is 0 Å². The fourth-order valence-electron chi connectivity index (χ4n) is 1.90. The molecule has 0 aliphatic heterocycles. The lowest BCUT2D eigenvalue weighted by molar-refractivity contribution is 0.172. The summed E-state index contributed by atoms with van der Waals surface area (Å²) in [7, 11) is -1.44. The fourth-order valence-corrected chi connectivity index (χ4v) is 3.66. The van der Waals surface area contributed by atoms with Crippen molar-refractivity contribution in [3.8, 4) is 0 Å². The third-order valence-electron chi connectivity index (χ3n) is 2.58. The third-order valence-corrected chi connectivity index (χ3v) is 4.11. The first kappa shape index (κ1) is 11.4. The van der Waals surface area contributed by atoms with Gasteiger partial charge < -0.3 is 4.43 Å². The van der Waals surface area contributed by atoms with Gasteiger partial charge >= 0.3 is 0 Å². The van der Waals surface area contributed by atoms with Crippen LogP contribution in [0.3, 0.4) is 0 Å². The second-order valence-corrected chi connectivity index (χ2v) is 10.6. The van der Waals surface area contributed by atoms with Gasteiger partial charge in [0.15, 0.2) is 8.32 Å². The Hall–Kier alpha value is -0.123. The normalized spacial score (nSPS) is 18.9. The van der Waals surface area contributed by atoms with Gasteiger partial charge in [-0.2, -0.15) is 0 Å². The van der Waals surface area contributed by atoms with Crippen LogP contribution in [0, 0.1) is 0 Å². The number of hydrogen-bond acceptors (Lipinski definition) is 1. The predicted octanol–water partition coefficient (Wildman–Crippen LogP) is 4.29. The van der Waals surface area contributed by atoms with Crippen LogP contribution in [0.5, 0.6) is 0 Å². The van der Waals surface area contributed by atoms with Crippen molar-refractivity contribution in [1.29, 1.82) is 0 Å². The summed E-state index contributed by atoms with van der Waals surface area (Å²) < 4.78 is 7.42. The molecule has 82 valence electrons. The molecule has 1 aromatic rings. The minimum atomic E-state index is -1.44. The molecule has 1 aromatic carbocycles. The van der Waals surface area contributed by atoms with E-state index >= 15 is 0 Å². The predicted molar refractivity (Wildman–Crippen MR) is 69.5 cm³/mol. The highest BCUT2D eigenvalue weighted by Gasteiger charge is 2.48. The zero-order chi connectivity index (χ0) is 11.1. The van der Waals surface area contributed by atoms with E-state index in [1.165, 1.54) is 18.4 Å². The summed E-state index contributed by atoms with van der Waals surface area (Å²) in [6.45, 7) is 6.77. The number of benzene rings is 1. The second-order valence-electron chi connectivity index (χ2n) is 5.22. The number of halogens is 1. The van der Waals surface area contributed by atoms with Gasteiger partial charge in [0, 0.05) is 4.47 Å². The minimum Gasteiger partial charge on any atom is -0.408 e. The molecule has 15 heavy (non-hydrogen) atoms. The van der Waals surface area contributed by atoms with Crippen LogP contribution in [-0.2, 0) is 10.0 Å². The van der Waals surface area contributed by atoms with Crippen molar-refractivity contribution in [3.63, 3.8) is 0 Å². The molecule has 0 heterocycles. The number of hydrogen-bond donors (Lipinski definition) is 0. The first-order valence-electron chi connectivity index (χ1n) is 5.38. The molecule has 0 spiro atoms. The zero-order valence-corrected chi connectivity index (χ0v) is 12.1. The molecular weight excluding hydrogens is 268 g/mol. The minimum absolute atomic E-state index is 0.0607. The average molecular weight is 285 g/mol. The summed E-state index contributed by atoms with van der Waals surface area (Å²) in [5, 5.41) is 0. The second kappa shape index (κ2) is 3.72. The van der Waals surface area contributed by atoms with Crippen LogP contribution in [0.15, 0.2) is 28.7 Å². The quantitative estimate of drug-likeness (QED) is 0.753. The monoisotopic (exact) mass is 284 g/mol. The summed E-state index contributed by atoms with van der Waals surface area (Å²) in [6, 6.07) is 8.56. The molecule has 1 saturated carbocycles. The molecular formula is C12H17BrOSi. The van der Waals surface area contributed by atoms with Crippen LogP contribution in [-0.4, -0.2) is 8.32 Å². The Labute approximate surface area is 101 Å². The molecule has 0 radical (unpaired) electrons. The van der Waals surface area contributed by atoms with Crippen LogP contribution >= 0.6 is 15.9 Å². The first-order valence-corrected chi connectivity index (χ1v) is 9.58. The SMILES string of the molecule is C[Si](C)(C)OC1(c2ccc(Br)cc2)CC1. The molecule has 0 saturated heterocycles. The summed E-state index contributed by atoms with van der Waals surface area (Å²) in [5.41, 5.74) is 1.40. The standard InChI is InChI=1S/C12H17BrOSi/c1-15(2,3)14-12(8-9-12)10-4-6-11(13)7-5-10/h4-7H,8-9H2,1-3H3. The van der Waals surface area contributed by atoms with Crippen LogP contribution < -0.4 is 0 Å². The molecule has 1 nitrogen and oxygen atoms in total. The smallest absolute Gasteiger partial charge is 0.184 e. The average Bonchev–Trinajstić information content (AvgIpc) is 2.83. The van der Waals surface area contributed by atoms with Gasteiger partial charge in [-0.1, -0.05) is 28.1 Å². The van der Waals surface area contributed by atoms with E-state index < -0.39 is 8.32 Å². The molecule has 1 fully saturated rings. The summed E-state index contributed by atoms with van der Waals surface area (Å²) in [5.74, 6) is 0. The fraction of sp³-hybridized carbons (Fsp3) is 0.500. The molecule has 1 aliphatic carbocycles. The highest BCUT2D eigenvalue weighted by Crippen LogP contribution is 2.50. The van der Waals surface area contributed by atoms with E-state index in [-0.39, 0.29) is 5.60 Å². The van der Waals surface area contributed by atoms with E-state index in [4.69, 9.17) is 4.43 Å². The molecule has 0 bridgehead atoms. The van der Waals surface area contributed by atoms with Crippen molar-refractivity contribution >= 4 is 24.2 Å². The highest BCUT2D eigenvalue weighted by molar-refractivity contribution is 9.10. The van der Waals surface area contributed by atoms with E-state index in [0.717, 1.165) is 4.47 Å². The summed E-state index contributed by atoms with van der Waals surface area (Å²) >= 11 is 3.46. The summed E-state index contributed by atoms with van der Waals surface area (Å²) in [4.78, 5) is 0. The molecule has 1 aliphatic rings.